The fraction of sp³-hybridized carbons (Fsp3) is 0.239. The molecule has 0 amide bonds. The lowest BCUT2D eigenvalue weighted by atomic mass is 9.82. The lowest BCUT2D eigenvalue weighted by molar-refractivity contribution is 0.556. The minimum Gasteiger partial charge on any atom is -0.310 e. The molecule has 1 aliphatic rings. The van der Waals surface area contributed by atoms with Crippen molar-refractivity contribution >= 4 is 38.9 Å². The summed E-state index contributed by atoms with van der Waals surface area (Å²) in [7, 11) is 0. The van der Waals surface area contributed by atoms with Gasteiger partial charge >= 0.3 is 0 Å². The molecular weight excluding hydrogens is 881 g/mol. The number of hydrogen-bond donors (Lipinski definition) is 0. The molecule has 9 aromatic carbocycles. The smallest absolute Gasteiger partial charge is 0.0547 e. The van der Waals surface area contributed by atoms with E-state index in [-0.39, 0.29) is 5.41 Å². The molecule has 10 aromatic rings. The number of aryl methyl sites for hydroxylation is 3. The Morgan fingerprint density at radius 3 is 1.66 bits per heavy atom. The molecule has 1 heterocycles. The van der Waals surface area contributed by atoms with E-state index in [0.717, 1.165) is 23.5 Å². The van der Waals surface area contributed by atoms with Crippen molar-refractivity contribution in [3.8, 4) is 50.2 Å². The van der Waals surface area contributed by atoms with E-state index in [4.69, 9.17) is 0 Å². The van der Waals surface area contributed by atoms with Crippen molar-refractivity contribution in [2.75, 3.05) is 4.90 Å². The first kappa shape index (κ1) is 47.9. The van der Waals surface area contributed by atoms with Crippen LogP contribution >= 0.6 is 0 Å². The van der Waals surface area contributed by atoms with E-state index in [2.05, 4.69) is 244 Å². The zero-order chi connectivity index (χ0) is 49.9. The number of anilines is 3. The Morgan fingerprint density at radius 2 is 0.932 bits per heavy atom. The fourth-order valence-electron chi connectivity index (χ4n) is 12.0. The SMILES string of the molecule is CCCCCCCCCCCCc1cc(C)cc(-c2cc(C)cc(-n3c4ccccc4c4ccc(-c5ccc(N(c6ccc(-c7ccccc7)cc6)c6ccc7c(c6)C(C)(C)c6ccccc6-7)cc5)cc43)c2)c1. The number of rotatable bonds is 18. The lowest BCUT2D eigenvalue weighted by Gasteiger charge is -2.28. The van der Waals surface area contributed by atoms with Crippen molar-refractivity contribution in [2.24, 2.45) is 0 Å². The van der Waals surface area contributed by atoms with Crippen LogP contribution in [0.1, 0.15) is 113 Å². The summed E-state index contributed by atoms with van der Waals surface area (Å²) < 4.78 is 2.49. The molecule has 0 unspecified atom stereocenters. The first-order valence-electron chi connectivity index (χ1n) is 27.3. The molecule has 364 valence electrons. The van der Waals surface area contributed by atoms with Gasteiger partial charge < -0.3 is 9.47 Å². The van der Waals surface area contributed by atoms with Crippen LogP contribution in [0.3, 0.4) is 0 Å². The van der Waals surface area contributed by atoms with E-state index >= 15 is 0 Å². The Kier molecular flexibility index (Phi) is 13.8. The summed E-state index contributed by atoms with van der Waals surface area (Å²) in [5, 5.41) is 2.53. The average molecular weight is 951 g/mol. The summed E-state index contributed by atoms with van der Waals surface area (Å²) in [6.07, 6.45) is 14.8. The van der Waals surface area contributed by atoms with E-state index in [1.807, 2.05) is 0 Å². The highest BCUT2D eigenvalue weighted by molar-refractivity contribution is 6.10. The van der Waals surface area contributed by atoms with Crippen molar-refractivity contribution in [3.05, 3.63) is 228 Å². The van der Waals surface area contributed by atoms with Crippen LogP contribution in [0.2, 0.25) is 0 Å². The third kappa shape index (κ3) is 9.81. The minimum atomic E-state index is -0.105. The van der Waals surface area contributed by atoms with Gasteiger partial charge in [-0.2, -0.15) is 0 Å². The Bertz CT molecular complexity index is 3530. The van der Waals surface area contributed by atoms with Crippen LogP contribution in [0.25, 0.3) is 72.0 Å². The van der Waals surface area contributed by atoms with Crippen LogP contribution in [0.4, 0.5) is 17.1 Å². The average Bonchev–Trinajstić information content (AvgIpc) is 3.87. The second-order valence-corrected chi connectivity index (χ2v) is 21.5. The van der Waals surface area contributed by atoms with Gasteiger partial charge in [0.05, 0.1) is 11.0 Å². The van der Waals surface area contributed by atoms with Crippen LogP contribution in [-0.2, 0) is 11.8 Å². The van der Waals surface area contributed by atoms with Crippen molar-refractivity contribution < 1.29 is 0 Å². The van der Waals surface area contributed by atoms with Crippen molar-refractivity contribution in [2.45, 2.75) is 111 Å². The topological polar surface area (TPSA) is 8.17 Å². The third-order valence-corrected chi connectivity index (χ3v) is 15.8. The highest BCUT2D eigenvalue weighted by Crippen LogP contribution is 2.51. The van der Waals surface area contributed by atoms with E-state index < -0.39 is 0 Å². The molecule has 0 N–H and O–H groups in total. The van der Waals surface area contributed by atoms with Crippen LogP contribution < -0.4 is 4.90 Å². The number of unbranched alkanes of at least 4 members (excludes halogenated alkanes) is 9. The number of aromatic nitrogens is 1. The Hall–Kier alpha value is -7.42. The molecular formula is C71H70N2. The van der Waals surface area contributed by atoms with Gasteiger partial charge in [-0.05, 0) is 154 Å². The quantitative estimate of drug-likeness (QED) is 0.0778. The summed E-state index contributed by atoms with van der Waals surface area (Å²) in [5.74, 6) is 0. The van der Waals surface area contributed by atoms with Gasteiger partial charge in [0.1, 0.15) is 0 Å². The van der Waals surface area contributed by atoms with Crippen LogP contribution in [0, 0.1) is 13.8 Å². The van der Waals surface area contributed by atoms with Gasteiger partial charge in [0, 0.05) is 38.9 Å². The molecule has 2 heteroatoms. The second kappa shape index (κ2) is 21.0. The second-order valence-electron chi connectivity index (χ2n) is 21.5. The maximum atomic E-state index is 2.49. The first-order chi connectivity index (χ1) is 35.7. The molecule has 0 saturated carbocycles. The van der Waals surface area contributed by atoms with Crippen molar-refractivity contribution in [1.29, 1.82) is 0 Å². The van der Waals surface area contributed by atoms with Crippen LogP contribution in [0.15, 0.2) is 200 Å². The number of fused-ring (bicyclic) bond motifs is 6. The number of benzene rings is 9. The van der Waals surface area contributed by atoms with E-state index in [0.29, 0.717) is 0 Å². The maximum absolute atomic E-state index is 2.49. The summed E-state index contributed by atoms with van der Waals surface area (Å²) in [6.45, 7) is 11.5. The molecule has 0 saturated heterocycles. The Balaban J connectivity index is 0.908. The highest BCUT2D eigenvalue weighted by Gasteiger charge is 2.35. The summed E-state index contributed by atoms with van der Waals surface area (Å²) >= 11 is 0. The largest absolute Gasteiger partial charge is 0.310 e. The normalized spacial score (nSPS) is 12.6. The van der Waals surface area contributed by atoms with Crippen molar-refractivity contribution in [1.82, 2.24) is 4.57 Å². The monoisotopic (exact) mass is 951 g/mol. The van der Waals surface area contributed by atoms with Gasteiger partial charge in [-0.25, -0.2) is 0 Å². The number of para-hydroxylation sites is 1. The molecule has 73 heavy (non-hydrogen) atoms. The van der Waals surface area contributed by atoms with Gasteiger partial charge in [-0.15, -0.1) is 0 Å². The summed E-state index contributed by atoms with van der Waals surface area (Å²) in [6, 6.07) is 75.2. The fourth-order valence-corrected chi connectivity index (χ4v) is 12.0. The van der Waals surface area contributed by atoms with Gasteiger partial charge in [0.2, 0.25) is 0 Å². The molecule has 0 atom stereocenters. The Morgan fingerprint density at radius 1 is 0.384 bits per heavy atom. The third-order valence-electron chi connectivity index (χ3n) is 15.8. The lowest BCUT2D eigenvalue weighted by Crippen LogP contribution is -2.16. The molecule has 1 aromatic heterocycles. The molecule has 0 radical (unpaired) electrons. The summed E-state index contributed by atoms with van der Waals surface area (Å²) in [5.41, 5.74) is 23.8. The molecule has 1 aliphatic carbocycles. The molecule has 0 bridgehead atoms. The molecule has 0 fully saturated rings. The standard InChI is InChI=1S/C71H70N2/c1-6-7-8-9-10-11-12-13-14-16-23-52-42-50(2)43-57(46-52)58-44-51(3)45-62(47-58)73-69-29-22-20-27-65(69)66-40-34-56(48-70(66)73)55-32-37-60(38-33-55)72(59-35-30-54(31-36-59)53-24-17-15-18-25-53)61-39-41-64-63-26-19-21-28-67(63)71(4,5)68(64)49-61/h15,17-22,24-49H,6-14,16,23H2,1-5H3. The molecule has 11 rings (SSSR count). The van der Waals surface area contributed by atoms with Gasteiger partial charge in [0.25, 0.3) is 0 Å². The molecule has 2 nitrogen and oxygen atoms in total. The molecule has 0 spiro atoms. The maximum Gasteiger partial charge on any atom is 0.0547 e. The molecule has 0 aliphatic heterocycles. The van der Waals surface area contributed by atoms with E-state index in [1.165, 1.54) is 164 Å². The van der Waals surface area contributed by atoms with Crippen molar-refractivity contribution in [3.63, 3.8) is 0 Å². The predicted octanol–water partition coefficient (Wildman–Crippen LogP) is 20.6. The van der Waals surface area contributed by atoms with Gasteiger partial charge in [0.15, 0.2) is 0 Å². The zero-order valence-electron chi connectivity index (χ0n) is 43.7. The minimum absolute atomic E-state index is 0.105. The highest BCUT2D eigenvalue weighted by atomic mass is 15.1. The Labute approximate surface area is 435 Å². The predicted molar refractivity (Wildman–Crippen MR) is 314 cm³/mol. The van der Waals surface area contributed by atoms with E-state index in [1.54, 1.807) is 0 Å². The van der Waals surface area contributed by atoms with E-state index in [9.17, 15) is 0 Å². The number of nitrogens with zero attached hydrogens (tertiary/aromatic N) is 2. The first-order valence-corrected chi connectivity index (χ1v) is 27.3. The summed E-state index contributed by atoms with van der Waals surface area (Å²) in [4.78, 5) is 2.42. The zero-order valence-corrected chi connectivity index (χ0v) is 43.7. The van der Waals surface area contributed by atoms with Crippen LogP contribution in [-0.4, -0.2) is 4.57 Å². The van der Waals surface area contributed by atoms with Gasteiger partial charge in [-0.1, -0.05) is 224 Å². The van der Waals surface area contributed by atoms with Gasteiger partial charge in [-0.3, -0.25) is 0 Å². The van der Waals surface area contributed by atoms with Crippen LogP contribution in [0.5, 0.6) is 0 Å². The number of hydrogen-bond acceptors (Lipinski definition) is 1.